The van der Waals surface area contributed by atoms with E-state index in [1.54, 1.807) is 24.3 Å². The first kappa shape index (κ1) is 19.9. The number of hydrogen-bond donors (Lipinski definition) is 2. The number of amides is 1. The van der Waals surface area contributed by atoms with E-state index in [1.165, 1.54) is 0 Å². The third kappa shape index (κ3) is 7.25. The Bertz CT molecular complexity index is 688. The lowest BCUT2D eigenvalue weighted by Gasteiger charge is -2.12. The molecule has 0 aliphatic heterocycles. The monoisotopic (exact) mass is 366 g/mol. The van der Waals surface area contributed by atoms with E-state index in [0.29, 0.717) is 12.1 Å². The molecule has 0 bridgehead atoms. The van der Waals surface area contributed by atoms with Crippen molar-refractivity contribution in [3.63, 3.8) is 0 Å². The molecule has 1 unspecified atom stereocenters. The molecule has 0 aliphatic rings. The van der Waals surface area contributed by atoms with E-state index >= 15 is 0 Å². The standard InChI is InChI=1S/C19H21F3N2O2/c20-19(21,22)13-26-12-15-8-6-14(7-9-15)11-24-18(25)10-17(23)16-4-2-1-3-5-16/h1-9,17H,10-13,23H2,(H,24,25). The van der Waals surface area contributed by atoms with Crippen LogP contribution in [0.2, 0.25) is 0 Å². The van der Waals surface area contributed by atoms with Crippen molar-refractivity contribution in [2.75, 3.05) is 6.61 Å². The number of nitrogens with two attached hydrogens (primary N) is 1. The highest BCUT2D eigenvalue weighted by molar-refractivity contribution is 5.76. The molecule has 2 aromatic carbocycles. The summed E-state index contributed by atoms with van der Waals surface area (Å²) in [6.07, 6.45) is -4.15. The van der Waals surface area contributed by atoms with Crippen LogP contribution in [0.1, 0.15) is 29.2 Å². The number of nitrogens with one attached hydrogen (secondary N) is 1. The molecule has 1 amide bonds. The number of halogens is 3. The normalized spacial score (nSPS) is 12.6. The minimum atomic E-state index is -4.33. The molecule has 4 nitrogen and oxygen atoms in total. The zero-order valence-electron chi connectivity index (χ0n) is 14.1. The molecule has 0 spiro atoms. The van der Waals surface area contributed by atoms with Crippen molar-refractivity contribution in [3.05, 3.63) is 71.3 Å². The summed E-state index contributed by atoms with van der Waals surface area (Å²) < 4.78 is 40.7. The lowest BCUT2D eigenvalue weighted by Crippen LogP contribution is -2.27. The second kappa shape index (κ2) is 9.35. The third-order valence-corrected chi connectivity index (χ3v) is 3.68. The van der Waals surface area contributed by atoms with Crippen LogP contribution in [-0.4, -0.2) is 18.7 Å². The Morgan fingerprint density at radius 1 is 1.04 bits per heavy atom. The van der Waals surface area contributed by atoms with Crippen LogP contribution < -0.4 is 11.1 Å². The minimum absolute atomic E-state index is 0.113. The van der Waals surface area contributed by atoms with Crippen molar-refractivity contribution in [2.24, 2.45) is 5.73 Å². The minimum Gasteiger partial charge on any atom is -0.367 e. The molecule has 26 heavy (non-hydrogen) atoms. The fourth-order valence-electron chi connectivity index (χ4n) is 2.33. The molecule has 0 fully saturated rings. The Hall–Kier alpha value is -2.38. The van der Waals surface area contributed by atoms with Gasteiger partial charge in [0.2, 0.25) is 5.91 Å². The van der Waals surface area contributed by atoms with Gasteiger partial charge in [0.15, 0.2) is 0 Å². The van der Waals surface area contributed by atoms with Gasteiger partial charge in [-0.05, 0) is 16.7 Å². The molecular formula is C19H21F3N2O2. The summed E-state index contributed by atoms with van der Waals surface area (Å²) in [7, 11) is 0. The van der Waals surface area contributed by atoms with Gasteiger partial charge in [0, 0.05) is 19.0 Å². The Morgan fingerprint density at radius 3 is 2.27 bits per heavy atom. The van der Waals surface area contributed by atoms with Crippen LogP contribution in [0.25, 0.3) is 0 Å². The molecule has 0 saturated heterocycles. The second-order valence-corrected chi connectivity index (χ2v) is 5.92. The van der Waals surface area contributed by atoms with E-state index < -0.39 is 12.8 Å². The largest absolute Gasteiger partial charge is 0.411 e. The van der Waals surface area contributed by atoms with Gasteiger partial charge < -0.3 is 15.8 Å². The molecule has 1 atom stereocenters. The summed E-state index contributed by atoms with van der Waals surface area (Å²) in [5, 5.41) is 2.78. The summed E-state index contributed by atoms with van der Waals surface area (Å²) in [4.78, 5) is 12.0. The molecule has 0 aromatic heterocycles. The highest BCUT2D eigenvalue weighted by atomic mass is 19.4. The van der Waals surface area contributed by atoms with Crippen LogP contribution in [-0.2, 0) is 22.7 Å². The first-order valence-electron chi connectivity index (χ1n) is 8.13. The third-order valence-electron chi connectivity index (χ3n) is 3.68. The quantitative estimate of drug-likeness (QED) is 0.752. The van der Waals surface area contributed by atoms with Gasteiger partial charge in [-0.15, -0.1) is 0 Å². The number of alkyl halides is 3. The smallest absolute Gasteiger partial charge is 0.367 e. The fraction of sp³-hybridized carbons (Fsp3) is 0.316. The van der Waals surface area contributed by atoms with Crippen LogP contribution in [0.5, 0.6) is 0 Å². The lowest BCUT2D eigenvalue weighted by atomic mass is 10.0. The molecule has 3 N–H and O–H groups in total. The highest BCUT2D eigenvalue weighted by Gasteiger charge is 2.27. The summed E-state index contributed by atoms with van der Waals surface area (Å²) in [5.41, 5.74) is 8.38. The molecule has 0 radical (unpaired) electrons. The van der Waals surface area contributed by atoms with Gasteiger partial charge >= 0.3 is 6.18 Å². The van der Waals surface area contributed by atoms with E-state index in [0.717, 1.165) is 11.1 Å². The van der Waals surface area contributed by atoms with E-state index in [4.69, 9.17) is 5.73 Å². The summed E-state index contributed by atoms with van der Waals surface area (Å²) in [6, 6.07) is 15.8. The van der Waals surface area contributed by atoms with Crippen molar-refractivity contribution in [2.45, 2.75) is 31.8 Å². The Balaban J connectivity index is 1.74. The lowest BCUT2D eigenvalue weighted by molar-refractivity contribution is -0.176. The maximum absolute atomic E-state index is 12.0. The van der Waals surface area contributed by atoms with Gasteiger partial charge in [-0.25, -0.2) is 0 Å². The van der Waals surface area contributed by atoms with Crippen molar-refractivity contribution < 1.29 is 22.7 Å². The van der Waals surface area contributed by atoms with Gasteiger partial charge in [-0.1, -0.05) is 54.6 Å². The predicted molar refractivity (Wildman–Crippen MR) is 92.0 cm³/mol. The molecular weight excluding hydrogens is 345 g/mol. The van der Waals surface area contributed by atoms with E-state index in [-0.39, 0.29) is 25.0 Å². The maximum atomic E-state index is 12.0. The fourth-order valence-corrected chi connectivity index (χ4v) is 2.33. The second-order valence-electron chi connectivity index (χ2n) is 5.92. The first-order valence-corrected chi connectivity index (χ1v) is 8.13. The van der Waals surface area contributed by atoms with E-state index in [9.17, 15) is 18.0 Å². The Morgan fingerprint density at radius 2 is 1.65 bits per heavy atom. The zero-order valence-corrected chi connectivity index (χ0v) is 14.1. The number of hydrogen-bond acceptors (Lipinski definition) is 3. The number of rotatable bonds is 8. The number of carbonyl (C=O) groups excluding carboxylic acids is 1. The molecule has 2 aromatic rings. The Kier molecular flexibility index (Phi) is 7.17. The van der Waals surface area contributed by atoms with Crippen molar-refractivity contribution in [1.29, 1.82) is 0 Å². The van der Waals surface area contributed by atoms with E-state index in [2.05, 4.69) is 10.1 Å². The molecule has 0 heterocycles. The average Bonchev–Trinajstić information content (AvgIpc) is 2.61. The summed E-state index contributed by atoms with van der Waals surface area (Å²) >= 11 is 0. The van der Waals surface area contributed by atoms with Crippen LogP contribution in [0.4, 0.5) is 13.2 Å². The highest BCUT2D eigenvalue weighted by Crippen LogP contribution is 2.16. The number of carbonyl (C=O) groups is 1. The van der Waals surface area contributed by atoms with Gasteiger partial charge in [-0.2, -0.15) is 13.2 Å². The van der Waals surface area contributed by atoms with Crippen molar-refractivity contribution in [1.82, 2.24) is 5.32 Å². The van der Waals surface area contributed by atoms with Crippen molar-refractivity contribution in [3.8, 4) is 0 Å². The summed E-state index contributed by atoms with van der Waals surface area (Å²) in [6.45, 7) is -1.06. The van der Waals surface area contributed by atoms with Gasteiger partial charge in [0.05, 0.1) is 6.61 Å². The molecule has 0 aliphatic carbocycles. The number of benzene rings is 2. The Labute approximate surface area is 150 Å². The van der Waals surface area contributed by atoms with E-state index in [1.807, 2.05) is 30.3 Å². The van der Waals surface area contributed by atoms with Crippen LogP contribution >= 0.6 is 0 Å². The van der Waals surface area contributed by atoms with Gasteiger partial charge in [-0.3, -0.25) is 4.79 Å². The predicted octanol–water partition coefficient (Wildman–Crippen LogP) is 3.47. The van der Waals surface area contributed by atoms with Crippen LogP contribution in [0.15, 0.2) is 54.6 Å². The zero-order chi connectivity index (χ0) is 19.0. The average molecular weight is 366 g/mol. The number of ether oxygens (including phenoxy) is 1. The molecule has 7 heteroatoms. The molecule has 140 valence electrons. The van der Waals surface area contributed by atoms with Crippen LogP contribution in [0.3, 0.4) is 0 Å². The van der Waals surface area contributed by atoms with Gasteiger partial charge in [0.1, 0.15) is 6.61 Å². The SMILES string of the molecule is NC(CC(=O)NCc1ccc(COCC(F)(F)F)cc1)c1ccccc1. The molecule has 2 rings (SSSR count). The maximum Gasteiger partial charge on any atom is 0.411 e. The summed E-state index contributed by atoms with van der Waals surface area (Å²) in [5.74, 6) is -0.168. The van der Waals surface area contributed by atoms with Crippen molar-refractivity contribution >= 4 is 5.91 Å². The van der Waals surface area contributed by atoms with Crippen LogP contribution in [0, 0.1) is 0 Å². The topological polar surface area (TPSA) is 64.4 Å². The first-order chi connectivity index (χ1) is 12.3. The molecule has 0 saturated carbocycles. The van der Waals surface area contributed by atoms with Gasteiger partial charge in [0.25, 0.3) is 0 Å².